The molecule has 0 spiro atoms. The molecule has 0 amide bonds. The first-order chi connectivity index (χ1) is 4.93. The van der Waals surface area contributed by atoms with Crippen LogP contribution in [0.15, 0.2) is 23.3 Å². The van der Waals surface area contributed by atoms with Crippen molar-refractivity contribution in [3.8, 4) is 0 Å². The van der Waals surface area contributed by atoms with Gasteiger partial charge in [0, 0.05) is 0 Å². The van der Waals surface area contributed by atoms with Crippen molar-refractivity contribution >= 4 is 31.9 Å². The van der Waals surface area contributed by atoms with Crippen LogP contribution < -0.4 is 0 Å². The Morgan fingerprint density at radius 3 is 2.45 bits per heavy atom. The lowest BCUT2D eigenvalue weighted by Crippen LogP contribution is -2.29. The van der Waals surface area contributed by atoms with E-state index in [4.69, 9.17) is 0 Å². The maximum Gasteiger partial charge on any atom is 0.0576 e. The Morgan fingerprint density at radius 1 is 1.45 bits per heavy atom. The number of rotatable bonds is 0. The van der Waals surface area contributed by atoms with Gasteiger partial charge < -0.3 is 0 Å². The van der Waals surface area contributed by atoms with E-state index in [0.29, 0.717) is 4.83 Å². The van der Waals surface area contributed by atoms with Crippen LogP contribution in [0.1, 0.15) is 20.8 Å². The minimum atomic E-state index is 0.0793. The molecule has 11 heavy (non-hydrogen) atoms. The van der Waals surface area contributed by atoms with Gasteiger partial charge in [-0.05, 0) is 20.8 Å². The topological polar surface area (TPSA) is 0 Å². The molecule has 0 radical (unpaired) electrons. The van der Waals surface area contributed by atoms with Crippen molar-refractivity contribution in [3.63, 3.8) is 0 Å². The molecule has 0 heterocycles. The molecule has 0 saturated heterocycles. The van der Waals surface area contributed by atoms with Crippen molar-refractivity contribution in [1.29, 1.82) is 0 Å². The Kier molecular flexibility index (Phi) is 2.65. The number of hydrogen-bond acceptors (Lipinski definition) is 0. The van der Waals surface area contributed by atoms with Crippen LogP contribution in [0.2, 0.25) is 0 Å². The zero-order chi connectivity index (χ0) is 8.65. The predicted octanol–water partition coefficient (Wildman–Crippen LogP) is 3.81. The Bertz CT molecular complexity index is 224. The minimum Gasteiger partial charge on any atom is -0.0824 e. The maximum atomic E-state index is 3.67. The first-order valence-electron chi connectivity index (χ1n) is 3.64. The summed E-state index contributed by atoms with van der Waals surface area (Å²) in [7, 11) is 0. The second-order valence-corrected chi connectivity index (χ2v) is 5.91. The number of alkyl halides is 2. The third-order valence-electron chi connectivity index (χ3n) is 1.86. The number of hydrogen-bond donors (Lipinski definition) is 0. The zero-order valence-corrected chi connectivity index (χ0v) is 10.2. The summed E-state index contributed by atoms with van der Waals surface area (Å²) < 4.78 is 0.0793. The smallest absolute Gasteiger partial charge is 0.0576 e. The highest BCUT2D eigenvalue weighted by molar-refractivity contribution is 9.12. The average Bonchev–Trinajstić information content (AvgIpc) is 1.81. The van der Waals surface area contributed by atoms with Gasteiger partial charge in [0.15, 0.2) is 0 Å². The van der Waals surface area contributed by atoms with Crippen molar-refractivity contribution in [1.82, 2.24) is 0 Å². The largest absolute Gasteiger partial charge is 0.0824 e. The van der Waals surface area contributed by atoms with Crippen LogP contribution in [0.4, 0.5) is 0 Å². The van der Waals surface area contributed by atoms with E-state index in [1.807, 2.05) is 0 Å². The van der Waals surface area contributed by atoms with E-state index in [-0.39, 0.29) is 4.32 Å². The van der Waals surface area contributed by atoms with Gasteiger partial charge in [0.2, 0.25) is 0 Å². The molecule has 0 aromatic carbocycles. The van der Waals surface area contributed by atoms with Crippen LogP contribution in [-0.2, 0) is 0 Å². The van der Waals surface area contributed by atoms with Crippen molar-refractivity contribution in [2.45, 2.75) is 29.9 Å². The molecule has 2 atom stereocenters. The van der Waals surface area contributed by atoms with E-state index < -0.39 is 0 Å². The van der Waals surface area contributed by atoms with E-state index in [2.05, 4.69) is 64.8 Å². The quantitative estimate of drug-likeness (QED) is 0.592. The fraction of sp³-hybridized carbons (Fsp3) is 0.556. The highest BCUT2D eigenvalue weighted by Crippen LogP contribution is 2.38. The van der Waals surface area contributed by atoms with E-state index in [1.54, 1.807) is 0 Å². The van der Waals surface area contributed by atoms with Crippen molar-refractivity contribution in [3.05, 3.63) is 23.3 Å². The molecule has 0 aromatic rings. The Hall–Kier alpha value is 0.440. The molecular formula is C9H12Br2. The molecule has 0 fully saturated rings. The molecular weight excluding hydrogens is 268 g/mol. The summed E-state index contributed by atoms with van der Waals surface area (Å²) in [5.74, 6) is 0. The van der Waals surface area contributed by atoms with Crippen LogP contribution >= 0.6 is 31.9 Å². The van der Waals surface area contributed by atoms with Gasteiger partial charge in [0.25, 0.3) is 0 Å². The lowest BCUT2D eigenvalue weighted by molar-refractivity contribution is 0.798. The van der Waals surface area contributed by atoms with E-state index >= 15 is 0 Å². The van der Waals surface area contributed by atoms with Crippen LogP contribution in [0.5, 0.6) is 0 Å². The molecule has 0 nitrogen and oxygen atoms in total. The van der Waals surface area contributed by atoms with E-state index in [9.17, 15) is 0 Å². The van der Waals surface area contributed by atoms with Crippen LogP contribution in [0.3, 0.4) is 0 Å². The van der Waals surface area contributed by atoms with Gasteiger partial charge in [-0.1, -0.05) is 55.2 Å². The van der Waals surface area contributed by atoms with Crippen molar-refractivity contribution in [2.24, 2.45) is 0 Å². The molecule has 62 valence electrons. The summed E-state index contributed by atoms with van der Waals surface area (Å²) in [6.45, 7) is 6.45. The van der Waals surface area contributed by atoms with E-state index in [0.717, 1.165) is 0 Å². The van der Waals surface area contributed by atoms with Gasteiger partial charge in [-0.15, -0.1) is 0 Å². The van der Waals surface area contributed by atoms with Gasteiger partial charge in [-0.3, -0.25) is 0 Å². The third-order valence-corrected chi connectivity index (χ3v) is 4.83. The van der Waals surface area contributed by atoms with Gasteiger partial charge in [-0.2, -0.15) is 0 Å². The molecule has 1 aliphatic carbocycles. The van der Waals surface area contributed by atoms with Crippen molar-refractivity contribution < 1.29 is 0 Å². The first-order valence-corrected chi connectivity index (χ1v) is 5.35. The summed E-state index contributed by atoms with van der Waals surface area (Å²) in [5.41, 5.74) is 2.71. The summed E-state index contributed by atoms with van der Waals surface area (Å²) in [5, 5.41) is 0. The average molecular weight is 280 g/mol. The summed E-state index contributed by atoms with van der Waals surface area (Å²) in [4.78, 5) is 0.415. The minimum absolute atomic E-state index is 0.0793. The first kappa shape index (κ1) is 9.53. The Balaban J connectivity index is 3.01. The Labute approximate surface area is 85.0 Å². The van der Waals surface area contributed by atoms with Crippen LogP contribution in [0, 0.1) is 0 Å². The molecule has 1 aliphatic rings. The molecule has 0 bridgehead atoms. The molecule has 0 saturated carbocycles. The fourth-order valence-electron chi connectivity index (χ4n) is 1.44. The van der Waals surface area contributed by atoms with Gasteiger partial charge in [-0.25, -0.2) is 0 Å². The highest BCUT2D eigenvalue weighted by Gasteiger charge is 2.30. The second kappa shape index (κ2) is 3.06. The van der Waals surface area contributed by atoms with Crippen LogP contribution in [0.25, 0.3) is 0 Å². The predicted molar refractivity (Wildman–Crippen MR) is 57.6 cm³/mol. The molecule has 1 rings (SSSR count). The summed E-state index contributed by atoms with van der Waals surface area (Å²) >= 11 is 7.32. The van der Waals surface area contributed by atoms with Crippen LogP contribution in [-0.4, -0.2) is 9.15 Å². The summed E-state index contributed by atoms with van der Waals surface area (Å²) in [6, 6.07) is 0. The molecule has 0 N–H and O–H groups in total. The monoisotopic (exact) mass is 278 g/mol. The third kappa shape index (κ3) is 1.97. The fourth-order valence-corrected chi connectivity index (χ4v) is 2.42. The van der Waals surface area contributed by atoms with E-state index in [1.165, 1.54) is 11.1 Å². The second-order valence-electron chi connectivity index (χ2n) is 3.29. The van der Waals surface area contributed by atoms with Gasteiger partial charge >= 0.3 is 0 Å². The number of halogens is 2. The molecule has 2 heteroatoms. The SMILES string of the molecule is CC1=CC(C)(Br)C(Br)C(C)=C1. The van der Waals surface area contributed by atoms with Gasteiger partial charge in [0.1, 0.15) is 0 Å². The normalized spacial score (nSPS) is 38.1. The van der Waals surface area contributed by atoms with Crippen molar-refractivity contribution in [2.75, 3.05) is 0 Å². The highest BCUT2D eigenvalue weighted by atomic mass is 79.9. The number of allylic oxidation sites excluding steroid dienone is 4. The molecule has 0 aromatic heterocycles. The van der Waals surface area contributed by atoms with Gasteiger partial charge in [0.05, 0.1) is 9.15 Å². The molecule has 2 unspecified atom stereocenters. The maximum absolute atomic E-state index is 3.67. The standard InChI is InChI=1S/C9H12Br2/c1-6-4-7(2)8(10)9(3,11)5-6/h4-5,8H,1-3H3. The lowest BCUT2D eigenvalue weighted by Gasteiger charge is -2.30. The Morgan fingerprint density at radius 2 is 2.00 bits per heavy atom. The summed E-state index contributed by atoms with van der Waals surface area (Å²) in [6.07, 6.45) is 4.45. The lowest BCUT2D eigenvalue weighted by atomic mass is 9.93. The zero-order valence-electron chi connectivity index (χ0n) is 6.99. The molecule has 0 aliphatic heterocycles.